The summed E-state index contributed by atoms with van der Waals surface area (Å²) in [6.07, 6.45) is 0.849. The van der Waals surface area contributed by atoms with E-state index in [1.807, 2.05) is 0 Å². The van der Waals surface area contributed by atoms with Crippen LogP contribution in [0.2, 0.25) is 0 Å². The summed E-state index contributed by atoms with van der Waals surface area (Å²) in [4.78, 5) is 9.88. The SMILES string of the molecule is CS(=O)(=O)c1c(F)ccc(C2CC(C(=O)O)CN2)c1F. The summed E-state index contributed by atoms with van der Waals surface area (Å²) in [7, 11) is -4.04. The highest BCUT2D eigenvalue weighted by atomic mass is 32.2. The van der Waals surface area contributed by atoms with Crippen molar-refractivity contribution < 1.29 is 27.1 Å². The molecule has 1 aromatic carbocycles. The molecule has 0 radical (unpaired) electrons. The lowest BCUT2D eigenvalue weighted by molar-refractivity contribution is -0.141. The third-order valence-corrected chi connectivity index (χ3v) is 4.42. The molecule has 5 nitrogen and oxygen atoms in total. The van der Waals surface area contributed by atoms with Gasteiger partial charge in [0.1, 0.15) is 16.5 Å². The Hall–Kier alpha value is -1.54. The molecule has 2 unspecified atom stereocenters. The average Bonchev–Trinajstić information content (AvgIpc) is 2.76. The molecule has 1 aliphatic heterocycles. The van der Waals surface area contributed by atoms with Crippen LogP contribution in [0.15, 0.2) is 17.0 Å². The predicted octanol–water partition coefficient (Wildman–Crippen LogP) is 1.10. The summed E-state index contributed by atoms with van der Waals surface area (Å²) >= 11 is 0. The molecular weight excluding hydrogens is 292 g/mol. The largest absolute Gasteiger partial charge is 0.481 e. The Labute approximate surface area is 114 Å². The Morgan fingerprint density at radius 1 is 1.40 bits per heavy atom. The van der Waals surface area contributed by atoms with E-state index in [2.05, 4.69) is 5.32 Å². The molecule has 0 aromatic heterocycles. The molecule has 2 N–H and O–H groups in total. The van der Waals surface area contributed by atoms with Crippen molar-refractivity contribution in [1.82, 2.24) is 5.32 Å². The van der Waals surface area contributed by atoms with E-state index < -0.39 is 44.3 Å². The van der Waals surface area contributed by atoms with Crippen molar-refractivity contribution in [3.05, 3.63) is 29.3 Å². The number of aliphatic carboxylic acids is 1. The molecule has 0 spiro atoms. The van der Waals surface area contributed by atoms with Crippen molar-refractivity contribution in [3.63, 3.8) is 0 Å². The molecule has 0 bridgehead atoms. The van der Waals surface area contributed by atoms with Gasteiger partial charge in [-0.1, -0.05) is 6.07 Å². The van der Waals surface area contributed by atoms with Crippen LogP contribution in [0, 0.1) is 17.6 Å². The fourth-order valence-electron chi connectivity index (χ4n) is 2.32. The predicted molar refractivity (Wildman–Crippen MR) is 66.0 cm³/mol. The van der Waals surface area contributed by atoms with Crippen molar-refractivity contribution in [2.45, 2.75) is 17.4 Å². The van der Waals surface area contributed by atoms with E-state index in [4.69, 9.17) is 5.11 Å². The molecule has 1 saturated heterocycles. The summed E-state index contributed by atoms with van der Waals surface area (Å²) < 4.78 is 50.5. The number of benzene rings is 1. The van der Waals surface area contributed by atoms with Gasteiger partial charge in [-0.2, -0.15) is 0 Å². The maximum atomic E-state index is 14.2. The number of sulfone groups is 1. The van der Waals surface area contributed by atoms with Gasteiger partial charge in [-0.15, -0.1) is 0 Å². The van der Waals surface area contributed by atoms with Crippen LogP contribution in [0.1, 0.15) is 18.0 Å². The normalized spacial score (nSPS) is 22.9. The molecule has 0 amide bonds. The zero-order valence-corrected chi connectivity index (χ0v) is 11.4. The number of carboxylic acids is 1. The first-order chi connectivity index (χ1) is 9.21. The fraction of sp³-hybridized carbons (Fsp3) is 0.417. The van der Waals surface area contributed by atoms with Gasteiger partial charge in [-0.3, -0.25) is 4.79 Å². The van der Waals surface area contributed by atoms with E-state index in [0.717, 1.165) is 18.4 Å². The van der Waals surface area contributed by atoms with Crippen LogP contribution in [-0.2, 0) is 14.6 Å². The lowest BCUT2D eigenvalue weighted by Gasteiger charge is -2.14. The second-order valence-electron chi connectivity index (χ2n) is 4.78. The maximum Gasteiger partial charge on any atom is 0.307 e. The van der Waals surface area contributed by atoms with Crippen LogP contribution >= 0.6 is 0 Å². The number of hydrogen-bond acceptors (Lipinski definition) is 4. The smallest absolute Gasteiger partial charge is 0.307 e. The third kappa shape index (κ3) is 2.66. The van der Waals surface area contributed by atoms with E-state index >= 15 is 0 Å². The number of nitrogens with one attached hydrogen (secondary N) is 1. The van der Waals surface area contributed by atoms with Crippen molar-refractivity contribution in [1.29, 1.82) is 0 Å². The van der Waals surface area contributed by atoms with Gasteiger partial charge in [-0.05, 0) is 12.5 Å². The molecule has 20 heavy (non-hydrogen) atoms. The number of hydrogen-bond donors (Lipinski definition) is 2. The van der Waals surface area contributed by atoms with E-state index in [-0.39, 0.29) is 18.5 Å². The number of carboxylic acid groups (broad SMARTS) is 1. The van der Waals surface area contributed by atoms with Crippen LogP contribution in [0.4, 0.5) is 8.78 Å². The van der Waals surface area contributed by atoms with E-state index in [1.165, 1.54) is 0 Å². The van der Waals surface area contributed by atoms with Crippen molar-refractivity contribution in [2.75, 3.05) is 12.8 Å². The number of carbonyl (C=O) groups is 1. The Morgan fingerprint density at radius 3 is 2.55 bits per heavy atom. The second kappa shape index (κ2) is 5.10. The molecular formula is C12H13F2NO4S. The lowest BCUT2D eigenvalue weighted by atomic mass is 10.00. The van der Waals surface area contributed by atoms with Gasteiger partial charge < -0.3 is 10.4 Å². The topological polar surface area (TPSA) is 83.5 Å². The standard InChI is InChI=1S/C12H13F2NO4S/c1-20(18,19)11-8(13)3-2-7(10(11)14)9-4-6(5-15-9)12(16)17/h2-3,6,9,15H,4-5H2,1H3,(H,16,17). The van der Waals surface area contributed by atoms with E-state index in [9.17, 15) is 22.0 Å². The zero-order valence-electron chi connectivity index (χ0n) is 10.6. The molecule has 1 aliphatic rings. The minimum Gasteiger partial charge on any atom is -0.481 e. The van der Waals surface area contributed by atoms with Crippen LogP contribution in [0.3, 0.4) is 0 Å². The molecule has 110 valence electrons. The van der Waals surface area contributed by atoms with Crippen LogP contribution in [0.5, 0.6) is 0 Å². The monoisotopic (exact) mass is 305 g/mol. The highest BCUT2D eigenvalue weighted by molar-refractivity contribution is 7.90. The lowest BCUT2D eigenvalue weighted by Crippen LogP contribution is -2.18. The Morgan fingerprint density at radius 2 is 2.05 bits per heavy atom. The van der Waals surface area contributed by atoms with Crippen molar-refractivity contribution in [2.24, 2.45) is 5.92 Å². The van der Waals surface area contributed by atoms with Gasteiger partial charge in [-0.25, -0.2) is 17.2 Å². The highest BCUT2D eigenvalue weighted by Gasteiger charge is 2.33. The summed E-state index contributed by atoms with van der Waals surface area (Å²) in [6.45, 7) is 0.158. The molecule has 8 heteroatoms. The molecule has 1 heterocycles. The minimum absolute atomic E-state index is 0.0319. The Bertz CT molecular complexity index is 660. The first kappa shape index (κ1) is 14.9. The highest BCUT2D eigenvalue weighted by Crippen LogP contribution is 2.32. The summed E-state index contributed by atoms with van der Waals surface area (Å²) in [5.41, 5.74) is -0.0319. The second-order valence-corrected chi connectivity index (χ2v) is 6.74. The van der Waals surface area contributed by atoms with Crippen LogP contribution < -0.4 is 5.32 Å². The minimum atomic E-state index is -4.04. The van der Waals surface area contributed by atoms with E-state index in [0.29, 0.717) is 0 Å². The first-order valence-electron chi connectivity index (χ1n) is 5.86. The summed E-state index contributed by atoms with van der Waals surface area (Å²) in [5.74, 6) is -3.99. The fourth-order valence-corrected chi connectivity index (χ4v) is 3.18. The van der Waals surface area contributed by atoms with Crippen molar-refractivity contribution >= 4 is 15.8 Å². The summed E-state index contributed by atoms with van der Waals surface area (Å²) in [5, 5.41) is 11.7. The Kier molecular flexibility index (Phi) is 3.79. The van der Waals surface area contributed by atoms with E-state index in [1.54, 1.807) is 0 Å². The quantitative estimate of drug-likeness (QED) is 0.874. The zero-order chi connectivity index (χ0) is 15.1. The first-order valence-corrected chi connectivity index (χ1v) is 7.75. The van der Waals surface area contributed by atoms with Gasteiger partial charge in [0.25, 0.3) is 0 Å². The summed E-state index contributed by atoms with van der Waals surface area (Å²) in [6, 6.07) is 1.38. The van der Waals surface area contributed by atoms with Gasteiger partial charge in [0.15, 0.2) is 9.84 Å². The molecule has 1 aromatic rings. The number of halogens is 2. The average molecular weight is 305 g/mol. The van der Waals surface area contributed by atoms with Gasteiger partial charge >= 0.3 is 5.97 Å². The van der Waals surface area contributed by atoms with Crippen LogP contribution in [0.25, 0.3) is 0 Å². The molecule has 2 atom stereocenters. The van der Waals surface area contributed by atoms with Gasteiger partial charge in [0.2, 0.25) is 0 Å². The third-order valence-electron chi connectivity index (χ3n) is 3.31. The molecule has 1 fully saturated rings. The van der Waals surface area contributed by atoms with Gasteiger partial charge in [0, 0.05) is 24.4 Å². The number of rotatable bonds is 3. The maximum absolute atomic E-state index is 14.2. The Balaban J connectivity index is 2.43. The molecule has 2 rings (SSSR count). The van der Waals surface area contributed by atoms with Crippen molar-refractivity contribution in [3.8, 4) is 0 Å². The molecule has 0 aliphatic carbocycles. The molecule has 0 saturated carbocycles. The van der Waals surface area contributed by atoms with Gasteiger partial charge in [0.05, 0.1) is 5.92 Å². The van der Waals surface area contributed by atoms with Crippen LogP contribution in [-0.4, -0.2) is 32.3 Å².